The molecule has 94 valence electrons. The van der Waals surface area contributed by atoms with Gasteiger partial charge in [0.25, 0.3) is 0 Å². The van der Waals surface area contributed by atoms with Crippen molar-refractivity contribution in [3.63, 3.8) is 0 Å². The Morgan fingerprint density at radius 3 is 2.62 bits per heavy atom. The van der Waals surface area contributed by atoms with Gasteiger partial charge in [-0.2, -0.15) is 0 Å². The largest absolute Gasteiger partial charge is 0.548 e. The Bertz CT molecular complexity index is 240. The number of unbranched alkanes of at least 4 members (excludes halogenated alkanes) is 1. The minimum Gasteiger partial charge on any atom is -0.548 e. The number of allylic oxidation sites excluding steroid dienone is 2. The Labute approximate surface area is 102 Å². The molecule has 0 radical (unpaired) electrons. The lowest BCUT2D eigenvalue weighted by atomic mass is 9.84. The van der Waals surface area contributed by atoms with E-state index in [4.69, 9.17) is 4.43 Å². The van der Waals surface area contributed by atoms with Crippen molar-refractivity contribution in [2.45, 2.75) is 65.6 Å². The van der Waals surface area contributed by atoms with Crippen molar-refractivity contribution in [3.05, 3.63) is 11.8 Å². The van der Waals surface area contributed by atoms with E-state index in [-0.39, 0.29) is 0 Å². The molecule has 0 N–H and O–H groups in total. The fourth-order valence-corrected chi connectivity index (χ4v) is 3.42. The molecule has 0 bridgehead atoms. The van der Waals surface area contributed by atoms with Crippen molar-refractivity contribution in [1.82, 2.24) is 0 Å². The van der Waals surface area contributed by atoms with E-state index in [1.165, 1.54) is 31.4 Å². The van der Waals surface area contributed by atoms with Crippen LogP contribution in [-0.2, 0) is 4.43 Å². The van der Waals surface area contributed by atoms with Gasteiger partial charge in [0.15, 0.2) is 0 Å². The van der Waals surface area contributed by atoms with Crippen LogP contribution < -0.4 is 0 Å². The summed E-state index contributed by atoms with van der Waals surface area (Å²) in [5, 5.41) is 0. The summed E-state index contributed by atoms with van der Waals surface area (Å²) in [6, 6.07) is 0. The average molecular weight is 240 g/mol. The van der Waals surface area contributed by atoms with Gasteiger partial charge >= 0.3 is 0 Å². The quantitative estimate of drug-likeness (QED) is 0.617. The van der Waals surface area contributed by atoms with Crippen LogP contribution >= 0.6 is 0 Å². The molecular weight excluding hydrogens is 212 g/mol. The van der Waals surface area contributed by atoms with Crippen LogP contribution in [0, 0.1) is 11.8 Å². The molecule has 2 heteroatoms. The fourth-order valence-electron chi connectivity index (χ4n) is 2.48. The number of hydrogen-bond donors (Lipinski definition) is 0. The van der Waals surface area contributed by atoms with Crippen LogP contribution in [0.2, 0.25) is 19.6 Å². The van der Waals surface area contributed by atoms with Crippen molar-refractivity contribution in [2.75, 3.05) is 0 Å². The van der Waals surface area contributed by atoms with Gasteiger partial charge in [-0.1, -0.05) is 26.7 Å². The van der Waals surface area contributed by atoms with Crippen LogP contribution in [0.15, 0.2) is 11.8 Å². The molecule has 0 saturated carbocycles. The maximum atomic E-state index is 6.16. The molecule has 0 aliphatic heterocycles. The molecule has 0 fully saturated rings. The second kappa shape index (κ2) is 5.90. The van der Waals surface area contributed by atoms with Crippen LogP contribution in [-0.4, -0.2) is 8.32 Å². The topological polar surface area (TPSA) is 9.23 Å². The van der Waals surface area contributed by atoms with Gasteiger partial charge in [-0.25, -0.2) is 0 Å². The third-order valence-corrected chi connectivity index (χ3v) is 3.92. The molecule has 0 aromatic rings. The summed E-state index contributed by atoms with van der Waals surface area (Å²) in [6.07, 6.45) is 8.95. The summed E-state index contributed by atoms with van der Waals surface area (Å²) in [4.78, 5) is 0. The predicted octanol–water partition coefficient (Wildman–Crippen LogP) is 4.96. The van der Waals surface area contributed by atoms with Crippen molar-refractivity contribution in [1.29, 1.82) is 0 Å². The highest BCUT2D eigenvalue weighted by atomic mass is 28.4. The summed E-state index contributed by atoms with van der Waals surface area (Å²) >= 11 is 0. The second-order valence-corrected chi connectivity index (χ2v) is 10.7. The average Bonchev–Trinajstić information content (AvgIpc) is 2.10. The van der Waals surface area contributed by atoms with Crippen molar-refractivity contribution in [3.8, 4) is 0 Å². The lowest BCUT2D eigenvalue weighted by Gasteiger charge is -2.30. The highest BCUT2D eigenvalue weighted by Crippen LogP contribution is 2.32. The highest BCUT2D eigenvalue weighted by Gasteiger charge is 2.24. The van der Waals surface area contributed by atoms with E-state index in [2.05, 4.69) is 39.6 Å². The standard InChI is InChI=1S/C14H28OSi/c1-6-7-8-13-9-12(2)10-14(11-13)15-16(3,4)5/h11-13H,6-10H2,1-5H3/t12-,13-/m1/s1. The maximum Gasteiger partial charge on any atom is 0.241 e. The van der Waals surface area contributed by atoms with Gasteiger partial charge in [-0.3, -0.25) is 0 Å². The van der Waals surface area contributed by atoms with Crippen LogP contribution in [0.4, 0.5) is 0 Å². The Morgan fingerprint density at radius 1 is 1.38 bits per heavy atom. The van der Waals surface area contributed by atoms with E-state index >= 15 is 0 Å². The van der Waals surface area contributed by atoms with Gasteiger partial charge in [-0.15, -0.1) is 0 Å². The SMILES string of the molecule is CCCC[C@H]1C=C(O[Si](C)(C)C)C[C@H](C)C1. The predicted molar refractivity (Wildman–Crippen MR) is 73.9 cm³/mol. The Morgan fingerprint density at radius 2 is 2.06 bits per heavy atom. The first kappa shape index (κ1) is 13.8. The second-order valence-electron chi connectivity index (χ2n) is 6.29. The van der Waals surface area contributed by atoms with E-state index in [1.807, 2.05) is 0 Å². The first-order valence-corrected chi connectivity index (χ1v) is 10.2. The molecule has 0 aromatic heterocycles. The van der Waals surface area contributed by atoms with E-state index in [0.29, 0.717) is 0 Å². The van der Waals surface area contributed by atoms with Crippen LogP contribution in [0.3, 0.4) is 0 Å². The minimum absolute atomic E-state index is 0.773. The van der Waals surface area contributed by atoms with E-state index < -0.39 is 8.32 Å². The van der Waals surface area contributed by atoms with E-state index in [9.17, 15) is 0 Å². The zero-order chi connectivity index (χ0) is 12.2. The van der Waals surface area contributed by atoms with E-state index in [0.717, 1.165) is 18.3 Å². The Hall–Kier alpha value is -0.243. The van der Waals surface area contributed by atoms with Crippen LogP contribution in [0.5, 0.6) is 0 Å². The number of hydrogen-bond acceptors (Lipinski definition) is 1. The normalized spacial score (nSPS) is 26.4. The third kappa shape index (κ3) is 5.20. The maximum absolute atomic E-state index is 6.16. The van der Waals surface area contributed by atoms with Crippen molar-refractivity contribution < 1.29 is 4.43 Å². The lowest BCUT2D eigenvalue weighted by molar-refractivity contribution is 0.302. The molecule has 16 heavy (non-hydrogen) atoms. The van der Waals surface area contributed by atoms with E-state index in [1.54, 1.807) is 0 Å². The molecule has 0 unspecified atom stereocenters. The summed E-state index contributed by atoms with van der Waals surface area (Å²) in [5.74, 6) is 2.87. The summed E-state index contributed by atoms with van der Waals surface area (Å²) in [7, 11) is -1.40. The van der Waals surface area contributed by atoms with Gasteiger partial charge in [-0.05, 0) is 50.4 Å². The molecule has 1 aliphatic carbocycles. The molecule has 0 amide bonds. The monoisotopic (exact) mass is 240 g/mol. The Balaban J connectivity index is 2.57. The van der Waals surface area contributed by atoms with Gasteiger partial charge in [0.1, 0.15) is 0 Å². The van der Waals surface area contributed by atoms with Gasteiger partial charge < -0.3 is 4.43 Å². The fraction of sp³-hybridized carbons (Fsp3) is 0.857. The smallest absolute Gasteiger partial charge is 0.241 e. The molecule has 2 atom stereocenters. The lowest BCUT2D eigenvalue weighted by Crippen LogP contribution is -2.27. The first-order chi connectivity index (χ1) is 7.40. The molecular formula is C14H28OSi. The van der Waals surface area contributed by atoms with Gasteiger partial charge in [0.05, 0.1) is 5.76 Å². The van der Waals surface area contributed by atoms with Crippen LogP contribution in [0.1, 0.15) is 46.0 Å². The van der Waals surface area contributed by atoms with Crippen molar-refractivity contribution in [2.24, 2.45) is 11.8 Å². The molecule has 0 spiro atoms. The van der Waals surface area contributed by atoms with Crippen LogP contribution in [0.25, 0.3) is 0 Å². The summed E-state index contributed by atoms with van der Waals surface area (Å²) < 4.78 is 6.16. The summed E-state index contributed by atoms with van der Waals surface area (Å²) in [6.45, 7) is 11.4. The Kier molecular flexibility index (Phi) is 5.10. The number of rotatable bonds is 5. The zero-order valence-corrected chi connectivity index (χ0v) is 12.7. The zero-order valence-electron chi connectivity index (χ0n) is 11.7. The molecule has 0 aromatic carbocycles. The van der Waals surface area contributed by atoms with Gasteiger partial charge in [0.2, 0.25) is 8.32 Å². The molecule has 1 aliphatic rings. The first-order valence-electron chi connectivity index (χ1n) is 6.80. The molecule has 0 heterocycles. The molecule has 1 nitrogen and oxygen atoms in total. The molecule has 1 rings (SSSR count). The highest BCUT2D eigenvalue weighted by molar-refractivity contribution is 6.70. The third-order valence-electron chi connectivity index (χ3n) is 3.04. The van der Waals surface area contributed by atoms with Crippen molar-refractivity contribution >= 4 is 8.32 Å². The summed E-state index contributed by atoms with van der Waals surface area (Å²) in [5.41, 5.74) is 0. The minimum atomic E-state index is -1.40. The van der Waals surface area contributed by atoms with Gasteiger partial charge in [0, 0.05) is 6.42 Å². The molecule has 0 saturated heterocycles.